The van der Waals surface area contributed by atoms with Crippen LogP contribution < -0.4 is 10.9 Å². The molecule has 0 atom stereocenters. The minimum Gasteiger partial charge on any atom is -0.370 e. The van der Waals surface area contributed by atoms with Crippen LogP contribution >= 0.6 is 0 Å². The first-order chi connectivity index (χ1) is 8.75. The van der Waals surface area contributed by atoms with Crippen molar-refractivity contribution in [3.8, 4) is 0 Å². The van der Waals surface area contributed by atoms with Gasteiger partial charge in [-0.05, 0) is 38.5 Å². The second kappa shape index (κ2) is 4.39. The Morgan fingerprint density at radius 3 is 2.78 bits per heavy atom. The molecule has 0 amide bonds. The van der Waals surface area contributed by atoms with Gasteiger partial charge in [-0.15, -0.1) is 0 Å². The van der Waals surface area contributed by atoms with Gasteiger partial charge >= 0.3 is 0 Å². The van der Waals surface area contributed by atoms with Gasteiger partial charge in [0.05, 0.1) is 5.56 Å². The Kier molecular flexibility index (Phi) is 2.86. The molecule has 18 heavy (non-hydrogen) atoms. The number of H-pyrrole nitrogens is 1. The lowest BCUT2D eigenvalue weighted by Gasteiger charge is -2.27. The minimum absolute atomic E-state index is 0.00877. The number of hydrogen-bond donors (Lipinski definition) is 2. The van der Waals surface area contributed by atoms with E-state index in [4.69, 9.17) is 4.74 Å². The fourth-order valence-corrected chi connectivity index (χ4v) is 3.05. The van der Waals surface area contributed by atoms with Gasteiger partial charge in [-0.25, -0.2) is 4.98 Å². The lowest BCUT2D eigenvalue weighted by Crippen LogP contribution is -2.33. The summed E-state index contributed by atoms with van der Waals surface area (Å²) < 4.78 is 5.67. The number of nitrogens with one attached hydrogen (secondary N) is 2. The Bertz CT molecular complexity index is 503. The molecule has 2 N–H and O–H groups in total. The number of aromatic amines is 1. The van der Waals surface area contributed by atoms with Crippen molar-refractivity contribution in [3.63, 3.8) is 0 Å². The zero-order valence-corrected chi connectivity index (χ0v) is 10.7. The average Bonchev–Trinajstić information content (AvgIpc) is 2.89. The van der Waals surface area contributed by atoms with Crippen molar-refractivity contribution in [2.45, 2.75) is 44.1 Å². The average molecular weight is 249 g/mol. The molecule has 0 saturated heterocycles. The fourth-order valence-electron chi connectivity index (χ4n) is 3.05. The lowest BCUT2D eigenvalue weighted by molar-refractivity contribution is -0.0164. The first-order valence-electron chi connectivity index (χ1n) is 6.68. The Balaban J connectivity index is 2.07. The number of fused-ring (bicyclic) bond motifs is 1. The van der Waals surface area contributed by atoms with Crippen LogP contribution in [0.5, 0.6) is 0 Å². The third kappa shape index (κ3) is 1.73. The first kappa shape index (κ1) is 11.7. The third-order valence-corrected chi connectivity index (χ3v) is 4.15. The molecule has 1 saturated carbocycles. The summed E-state index contributed by atoms with van der Waals surface area (Å²) in [7, 11) is 1.71. The molecule has 1 aromatic rings. The van der Waals surface area contributed by atoms with Crippen LogP contribution in [0.15, 0.2) is 4.79 Å². The molecule has 3 rings (SSSR count). The fraction of sp³-hybridized carbons (Fsp3) is 0.692. The maximum Gasteiger partial charge on any atom is 0.256 e. The summed E-state index contributed by atoms with van der Waals surface area (Å²) >= 11 is 0. The molecule has 0 radical (unpaired) electrons. The van der Waals surface area contributed by atoms with Gasteiger partial charge in [0.15, 0.2) is 0 Å². The van der Waals surface area contributed by atoms with Crippen LogP contribution in [-0.4, -0.2) is 23.6 Å². The van der Waals surface area contributed by atoms with Gasteiger partial charge in [0.25, 0.3) is 5.56 Å². The van der Waals surface area contributed by atoms with E-state index in [-0.39, 0.29) is 11.2 Å². The number of anilines is 1. The van der Waals surface area contributed by atoms with Crippen LogP contribution in [0.2, 0.25) is 0 Å². The smallest absolute Gasteiger partial charge is 0.256 e. The van der Waals surface area contributed by atoms with E-state index in [1.165, 1.54) is 0 Å². The second-order valence-corrected chi connectivity index (χ2v) is 5.18. The molecule has 0 spiro atoms. The molecule has 2 heterocycles. The van der Waals surface area contributed by atoms with Crippen LogP contribution in [0.4, 0.5) is 5.82 Å². The normalized spacial score (nSPS) is 21.4. The summed E-state index contributed by atoms with van der Waals surface area (Å²) in [5.74, 6) is 1.45. The molecule has 5 heteroatoms. The predicted octanol–water partition coefficient (Wildman–Crippen LogP) is 1.54. The van der Waals surface area contributed by atoms with E-state index < -0.39 is 0 Å². The second-order valence-electron chi connectivity index (χ2n) is 5.18. The summed E-state index contributed by atoms with van der Waals surface area (Å²) in [4.78, 5) is 19.7. The molecular formula is C13H19N3O2. The Morgan fingerprint density at radius 1 is 1.28 bits per heavy atom. The van der Waals surface area contributed by atoms with Crippen LogP contribution in [0.1, 0.15) is 43.5 Å². The van der Waals surface area contributed by atoms with Gasteiger partial charge < -0.3 is 15.0 Å². The number of ether oxygens (including phenoxy) is 1. The number of aromatic nitrogens is 2. The van der Waals surface area contributed by atoms with E-state index in [0.29, 0.717) is 5.82 Å². The Labute approximate surface area is 106 Å². The van der Waals surface area contributed by atoms with E-state index in [1.807, 2.05) is 0 Å². The molecule has 0 aromatic carbocycles. The quantitative estimate of drug-likeness (QED) is 0.834. The zero-order chi connectivity index (χ0) is 12.6. The molecule has 1 aliphatic carbocycles. The molecule has 1 aromatic heterocycles. The molecule has 98 valence electrons. The van der Waals surface area contributed by atoms with Gasteiger partial charge in [0, 0.05) is 13.7 Å². The summed E-state index contributed by atoms with van der Waals surface area (Å²) in [5, 5.41) is 3.22. The van der Waals surface area contributed by atoms with Crippen molar-refractivity contribution in [1.29, 1.82) is 0 Å². The number of hydrogen-bond acceptors (Lipinski definition) is 4. The number of methoxy groups -OCH3 is 1. The van der Waals surface area contributed by atoms with Crippen molar-refractivity contribution in [3.05, 3.63) is 21.7 Å². The zero-order valence-electron chi connectivity index (χ0n) is 10.7. The molecular weight excluding hydrogens is 230 g/mol. The highest BCUT2D eigenvalue weighted by molar-refractivity contribution is 5.45. The van der Waals surface area contributed by atoms with E-state index in [0.717, 1.165) is 56.5 Å². The summed E-state index contributed by atoms with van der Waals surface area (Å²) in [6.07, 6.45) is 5.93. The number of rotatable bonds is 2. The SMILES string of the molecule is COC1(c2nc3c(c(=O)[nH]2)CCCN3)CCCC1. The van der Waals surface area contributed by atoms with Crippen molar-refractivity contribution in [2.75, 3.05) is 19.0 Å². The van der Waals surface area contributed by atoms with Gasteiger partial charge in [-0.1, -0.05) is 0 Å². The molecule has 1 fully saturated rings. The summed E-state index contributed by atoms with van der Waals surface area (Å²) in [6, 6.07) is 0. The monoisotopic (exact) mass is 249 g/mol. The van der Waals surface area contributed by atoms with E-state index in [2.05, 4.69) is 15.3 Å². The van der Waals surface area contributed by atoms with Gasteiger partial charge in [0.1, 0.15) is 17.2 Å². The van der Waals surface area contributed by atoms with Gasteiger partial charge in [0.2, 0.25) is 0 Å². The maximum absolute atomic E-state index is 12.1. The van der Waals surface area contributed by atoms with Crippen LogP contribution in [0, 0.1) is 0 Å². The highest BCUT2D eigenvalue weighted by Crippen LogP contribution is 2.40. The van der Waals surface area contributed by atoms with Gasteiger partial charge in [-0.2, -0.15) is 0 Å². The third-order valence-electron chi connectivity index (χ3n) is 4.15. The minimum atomic E-state index is -0.382. The Morgan fingerprint density at radius 2 is 2.06 bits per heavy atom. The molecule has 1 aliphatic heterocycles. The topological polar surface area (TPSA) is 67.0 Å². The van der Waals surface area contributed by atoms with Crippen molar-refractivity contribution in [2.24, 2.45) is 0 Å². The van der Waals surface area contributed by atoms with Crippen LogP contribution in [0.3, 0.4) is 0 Å². The van der Waals surface area contributed by atoms with Crippen LogP contribution in [0.25, 0.3) is 0 Å². The van der Waals surface area contributed by atoms with Crippen molar-refractivity contribution >= 4 is 5.82 Å². The lowest BCUT2D eigenvalue weighted by atomic mass is 10.0. The number of nitrogens with zero attached hydrogens (tertiary/aromatic N) is 1. The van der Waals surface area contributed by atoms with Crippen LogP contribution in [-0.2, 0) is 16.8 Å². The molecule has 5 nitrogen and oxygen atoms in total. The van der Waals surface area contributed by atoms with E-state index >= 15 is 0 Å². The first-order valence-corrected chi connectivity index (χ1v) is 6.68. The highest BCUT2D eigenvalue weighted by atomic mass is 16.5. The maximum atomic E-state index is 12.1. The summed E-state index contributed by atoms with van der Waals surface area (Å²) in [6.45, 7) is 0.892. The molecule has 0 unspecified atom stereocenters. The largest absolute Gasteiger partial charge is 0.370 e. The van der Waals surface area contributed by atoms with Crippen molar-refractivity contribution < 1.29 is 4.74 Å². The standard InChI is InChI=1S/C13H19N3O2/c1-18-13(6-2-3-7-13)12-15-10-9(11(17)16-12)5-4-8-14-10/h2-8H2,1H3,(H2,14,15,16,17). The molecule has 2 aliphatic rings. The molecule has 0 bridgehead atoms. The summed E-state index contributed by atoms with van der Waals surface area (Å²) in [5.41, 5.74) is 0.396. The highest BCUT2D eigenvalue weighted by Gasteiger charge is 2.38. The Hall–Kier alpha value is -1.36. The van der Waals surface area contributed by atoms with Gasteiger partial charge in [-0.3, -0.25) is 4.79 Å². The predicted molar refractivity (Wildman–Crippen MR) is 68.8 cm³/mol. The van der Waals surface area contributed by atoms with Crippen molar-refractivity contribution in [1.82, 2.24) is 9.97 Å². The van der Waals surface area contributed by atoms with E-state index in [1.54, 1.807) is 7.11 Å². The van der Waals surface area contributed by atoms with E-state index in [9.17, 15) is 4.79 Å².